The van der Waals surface area contributed by atoms with Gasteiger partial charge in [0.25, 0.3) is 0 Å². The molecule has 1 fully saturated rings. The first kappa shape index (κ1) is 21.1. The van der Waals surface area contributed by atoms with E-state index in [4.69, 9.17) is 9.47 Å². The summed E-state index contributed by atoms with van der Waals surface area (Å²) in [5, 5.41) is 11.9. The molecule has 1 rings (SSSR count). The Kier molecular flexibility index (Phi) is 6.68. The van der Waals surface area contributed by atoms with E-state index in [1.165, 1.54) is 0 Å². The van der Waals surface area contributed by atoms with Gasteiger partial charge in [-0.25, -0.2) is 14.4 Å². The minimum atomic E-state index is -1.11. The van der Waals surface area contributed by atoms with Crippen molar-refractivity contribution in [2.75, 3.05) is 13.1 Å². The molecule has 8 nitrogen and oxygen atoms in total. The molecule has 1 aliphatic heterocycles. The molecule has 8 heteroatoms. The quantitative estimate of drug-likeness (QED) is 0.803. The zero-order chi connectivity index (χ0) is 19.4. The Morgan fingerprint density at radius 2 is 1.48 bits per heavy atom. The molecule has 2 amide bonds. The monoisotopic (exact) mass is 358 g/mol. The summed E-state index contributed by atoms with van der Waals surface area (Å²) in [5.74, 6) is -1.38. The molecule has 1 atom stereocenters. The summed E-state index contributed by atoms with van der Waals surface area (Å²) < 4.78 is 10.4. The van der Waals surface area contributed by atoms with Gasteiger partial charge >= 0.3 is 18.2 Å². The lowest BCUT2D eigenvalue weighted by Gasteiger charge is -2.35. The van der Waals surface area contributed by atoms with E-state index in [0.717, 1.165) is 0 Å². The second-order valence-electron chi connectivity index (χ2n) is 8.27. The van der Waals surface area contributed by atoms with Crippen molar-refractivity contribution < 1.29 is 29.0 Å². The molecular formula is C17H30N2O6. The largest absolute Gasteiger partial charge is 0.480 e. The van der Waals surface area contributed by atoms with Crippen molar-refractivity contribution >= 4 is 18.2 Å². The van der Waals surface area contributed by atoms with Crippen LogP contribution in [0.2, 0.25) is 0 Å². The molecule has 0 saturated carbocycles. The fraction of sp³-hybridized carbons (Fsp3) is 0.824. The second kappa shape index (κ2) is 7.93. The first-order valence-corrected chi connectivity index (χ1v) is 8.49. The number of likely N-dealkylation sites (tertiary alicyclic amines) is 1. The van der Waals surface area contributed by atoms with Crippen molar-refractivity contribution in [2.45, 2.75) is 71.6 Å². The average Bonchev–Trinajstić information content (AvgIpc) is 2.41. The third-order valence-corrected chi connectivity index (χ3v) is 3.60. The summed E-state index contributed by atoms with van der Waals surface area (Å²) in [6, 6.07) is -1.05. The maximum Gasteiger partial charge on any atom is 0.410 e. The topological polar surface area (TPSA) is 105 Å². The number of alkyl carbamates (subject to hydrolysis) is 1. The number of aliphatic carboxylic acids is 1. The number of nitrogens with one attached hydrogen (secondary N) is 1. The van der Waals surface area contributed by atoms with Crippen molar-refractivity contribution in [3.05, 3.63) is 0 Å². The number of ether oxygens (including phenoxy) is 2. The van der Waals surface area contributed by atoms with Crippen LogP contribution in [0.15, 0.2) is 0 Å². The van der Waals surface area contributed by atoms with Gasteiger partial charge in [0.1, 0.15) is 17.2 Å². The van der Waals surface area contributed by atoms with Crippen LogP contribution < -0.4 is 5.32 Å². The SMILES string of the molecule is CC(C)(C)OC(=O)N[C@H](C(=O)O)C1CCN(C(=O)OC(C)(C)C)CC1. The van der Waals surface area contributed by atoms with Crippen LogP contribution >= 0.6 is 0 Å². The van der Waals surface area contributed by atoms with Crippen molar-refractivity contribution in [1.82, 2.24) is 10.2 Å². The van der Waals surface area contributed by atoms with Gasteiger partial charge in [0, 0.05) is 13.1 Å². The Hall–Kier alpha value is -1.99. The maximum absolute atomic E-state index is 12.1. The van der Waals surface area contributed by atoms with Gasteiger partial charge in [-0.1, -0.05) is 0 Å². The molecule has 0 bridgehead atoms. The molecule has 1 saturated heterocycles. The van der Waals surface area contributed by atoms with Gasteiger partial charge in [0.15, 0.2) is 0 Å². The number of nitrogens with zero attached hydrogens (tertiary/aromatic N) is 1. The van der Waals surface area contributed by atoms with E-state index in [2.05, 4.69) is 5.32 Å². The van der Waals surface area contributed by atoms with Crippen LogP contribution in [0.25, 0.3) is 0 Å². The molecule has 2 N–H and O–H groups in total. The lowest BCUT2D eigenvalue weighted by atomic mass is 9.89. The average molecular weight is 358 g/mol. The molecule has 144 valence electrons. The number of carbonyl (C=O) groups excluding carboxylic acids is 2. The van der Waals surface area contributed by atoms with Gasteiger partial charge in [-0.3, -0.25) is 0 Å². The standard InChI is InChI=1S/C17H30N2O6/c1-16(2,3)24-14(22)18-12(13(20)21)11-7-9-19(10-8-11)15(23)25-17(4,5)6/h11-12H,7-10H2,1-6H3,(H,18,22)(H,20,21)/t12-/m0/s1. The molecule has 0 aromatic carbocycles. The van der Waals surface area contributed by atoms with Crippen LogP contribution in [-0.2, 0) is 14.3 Å². The second-order valence-corrected chi connectivity index (χ2v) is 8.27. The minimum Gasteiger partial charge on any atom is -0.480 e. The predicted molar refractivity (Wildman–Crippen MR) is 91.3 cm³/mol. The van der Waals surface area contributed by atoms with Crippen LogP contribution in [0.4, 0.5) is 9.59 Å². The molecule has 0 unspecified atom stereocenters. The summed E-state index contributed by atoms with van der Waals surface area (Å²) in [6.45, 7) is 11.3. The number of carboxylic acids is 1. The Morgan fingerprint density at radius 3 is 1.88 bits per heavy atom. The molecule has 0 spiro atoms. The Labute approximate surface area is 148 Å². The number of hydrogen-bond acceptors (Lipinski definition) is 5. The molecule has 0 radical (unpaired) electrons. The molecule has 1 aliphatic rings. The van der Waals surface area contributed by atoms with Gasteiger partial charge < -0.3 is 24.8 Å². The van der Waals surface area contributed by atoms with E-state index in [-0.39, 0.29) is 5.92 Å². The van der Waals surface area contributed by atoms with Crippen LogP contribution in [0.5, 0.6) is 0 Å². The van der Waals surface area contributed by atoms with E-state index in [1.807, 2.05) is 0 Å². The fourth-order valence-corrected chi connectivity index (χ4v) is 2.56. The normalized spacial score (nSPS) is 17.6. The third kappa shape index (κ3) is 7.62. The fourth-order valence-electron chi connectivity index (χ4n) is 2.56. The van der Waals surface area contributed by atoms with Crippen LogP contribution in [-0.4, -0.2) is 58.5 Å². The first-order chi connectivity index (χ1) is 11.3. The number of carbonyl (C=O) groups is 3. The summed E-state index contributed by atoms with van der Waals surface area (Å²) in [5.41, 5.74) is -1.27. The highest BCUT2D eigenvalue weighted by atomic mass is 16.6. The highest BCUT2D eigenvalue weighted by Crippen LogP contribution is 2.23. The molecule has 0 aromatic rings. The highest BCUT2D eigenvalue weighted by Gasteiger charge is 2.35. The van der Waals surface area contributed by atoms with Gasteiger partial charge in [-0.05, 0) is 60.3 Å². The Balaban J connectivity index is 2.61. The summed E-state index contributed by atoms with van der Waals surface area (Å²) in [6.07, 6.45) is -0.231. The van der Waals surface area contributed by atoms with Gasteiger partial charge in [-0.15, -0.1) is 0 Å². The van der Waals surface area contributed by atoms with Crippen LogP contribution in [0.1, 0.15) is 54.4 Å². The smallest absolute Gasteiger partial charge is 0.410 e. The molecule has 1 heterocycles. The number of hydrogen-bond donors (Lipinski definition) is 2. The lowest BCUT2D eigenvalue weighted by Crippen LogP contribution is -2.51. The minimum absolute atomic E-state index is 0.274. The lowest BCUT2D eigenvalue weighted by molar-refractivity contribution is -0.141. The highest BCUT2D eigenvalue weighted by molar-refractivity contribution is 5.80. The number of rotatable bonds is 3. The zero-order valence-corrected chi connectivity index (χ0v) is 15.9. The Bertz CT molecular complexity index is 498. The van der Waals surface area contributed by atoms with Crippen LogP contribution in [0.3, 0.4) is 0 Å². The van der Waals surface area contributed by atoms with E-state index < -0.39 is 35.4 Å². The maximum atomic E-state index is 12.1. The summed E-state index contributed by atoms with van der Waals surface area (Å²) >= 11 is 0. The predicted octanol–water partition coefficient (Wildman–Crippen LogP) is 2.61. The number of piperidine rings is 1. The first-order valence-electron chi connectivity index (χ1n) is 8.49. The number of amides is 2. The number of carboxylic acid groups (broad SMARTS) is 1. The Morgan fingerprint density at radius 1 is 1.00 bits per heavy atom. The van der Waals surface area contributed by atoms with E-state index in [0.29, 0.717) is 25.9 Å². The van der Waals surface area contributed by atoms with Crippen molar-refractivity contribution in [3.8, 4) is 0 Å². The van der Waals surface area contributed by atoms with E-state index >= 15 is 0 Å². The van der Waals surface area contributed by atoms with Gasteiger partial charge in [-0.2, -0.15) is 0 Å². The summed E-state index contributed by atoms with van der Waals surface area (Å²) in [7, 11) is 0. The van der Waals surface area contributed by atoms with Crippen LogP contribution in [0, 0.1) is 5.92 Å². The van der Waals surface area contributed by atoms with E-state index in [1.54, 1.807) is 46.4 Å². The van der Waals surface area contributed by atoms with Crippen molar-refractivity contribution in [1.29, 1.82) is 0 Å². The van der Waals surface area contributed by atoms with Gasteiger partial charge in [0.2, 0.25) is 0 Å². The molecule has 0 aromatic heterocycles. The van der Waals surface area contributed by atoms with E-state index in [9.17, 15) is 19.5 Å². The third-order valence-electron chi connectivity index (χ3n) is 3.60. The zero-order valence-electron chi connectivity index (χ0n) is 15.9. The van der Waals surface area contributed by atoms with Crippen molar-refractivity contribution in [3.63, 3.8) is 0 Å². The molecular weight excluding hydrogens is 328 g/mol. The summed E-state index contributed by atoms with van der Waals surface area (Å²) in [4.78, 5) is 37.0. The molecule has 0 aliphatic carbocycles. The van der Waals surface area contributed by atoms with Crippen molar-refractivity contribution in [2.24, 2.45) is 5.92 Å². The van der Waals surface area contributed by atoms with Gasteiger partial charge in [0.05, 0.1) is 0 Å². The molecule has 25 heavy (non-hydrogen) atoms.